The van der Waals surface area contributed by atoms with Gasteiger partial charge in [0, 0.05) is 12.6 Å². The standard InChI is InChI=1S/C10H19ClN2O/c1-9(8-12-10(14)7-11)13-5-3-2-4-6-13/h9H,2-8H2,1H3,(H,12,14). The molecular formula is C10H19ClN2O. The molecule has 0 spiro atoms. The predicted octanol–water partition coefficient (Wildman–Crippen LogP) is 1.22. The predicted molar refractivity (Wildman–Crippen MR) is 58.6 cm³/mol. The number of halogens is 1. The number of amides is 1. The molecule has 0 aliphatic carbocycles. The van der Waals surface area contributed by atoms with Gasteiger partial charge in [-0.1, -0.05) is 6.42 Å². The minimum atomic E-state index is -0.0736. The summed E-state index contributed by atoms with van der Waals surface area (Å²) in [6.45, 7) is 5.20. The van der Waals surface area contributed by atoms with Gasteiger partial charge in [0.25, 0.3) is 0 Å². The van der Waals surface area contributed by atoms with Crippen LogP contribution in [0.25, 0.3) is 0 Å². The molecule has 4 heteroatoms. The van der Waals surface area contributed by atoms with E-state index in [4.69, 9.17) is 11.6 Å². The largest absolute Gasteiger partial charge is 0.354 e. The molecule has 0 radical (unpaired) electrons. The van der Waals surface area contributed by atoms with Gasteiger partial charge >= 0.3 is 0 Å². The number of carbonyl (C=O) groups is 1. The fourth-order valence-corrected chi connectivity index (χ4v) is 1.89. The van der Waals surface area contributed by atoms with E-state index in [2.05, 4.69) is 17.1 Å². The van der Waals surface area contributed by atoms with Crippen LogP contribution in [-0.2, 0) is 4.79 Å². The number of alkyl halides is 1. The molecule has 1 atom stereocenters. The first kappa shape index (κ1) is 11.8. The van der Waals surface area contributed by atoms with Crippen LogP contribution in [0.1, 0.15) is 26.2 Å². The number of nitrogens with one attached hydrogen (secondary N) is 1. The Morgan fingerprint density at radius 3 is 2.64 bits per heavy atom. The highest BCUT2D eigenvalue weighted by atomic mass is 35.5. The van der Waals surface area contributed by atoms with Gasteiger partial charge in [-0.05, 0) is 32.9 Å². The highest BCUT2D eigenvalue weighted by Gasteiger charge is 2.16. The monoisotopic (exact) mass is 218 g/mol. The zero-order chi connectivity index (χ0) is 10.4. The van der Waals surface area contributed by atoms with Crippen LogP contribution in [-0.4, -0.2) is 42.4 Å². The lowest BCUT2D eigenvalue weighted by Crippen LogP contribution is -2.44. The van der Waals surface area contributed by atoms with E-state index in [1.165, 1.54) is 19.3 Å². The van der Waals surface area contributed by atoms with Crippen molar-refractivity contribution in [2.45, 2.75) is 32.2 Å². The van der Waals surface area contributed by atoms with Crippen molar-refractivity contribution in [1.29, 1.82) is 0 Å². The normalized spacial score (nSPS) is 20.4. The first-order valence-electron chi connectivity index (χ1n) is 5.30. The van der Waals surface area contributed by atoms with Crippen LogP contribution in [0.15, 0.2) is 0 Å². The number of hydrogen-bond donors (Lipinski definition) is 1. The van der Waals surface area contributed by atoms with Gasteiger partial charge in [0.15, 0.2) is 0 Å². The van der Waals surface area contributed by atoms with E-state index in [-0.39, 0.29) is 11.8 Å². The van der Waals surface area contributed by atoms with Gasteiger partial charge < -0.3 is 5.32 Å². The van der Waals surface area contributed by atoms with Gasteiger partial charge in [0.2, 0.25) is 5.91 Å². The van der Waals surface area contributed by atoms with Crippen LogP contribution in [0.3, 0.4) is 0 Å². The molecule has 1 amide bonds. The molecule has 1 N–H and O–H groups in total. The van der Waals surface area contributed by atoms with Crippen molar-refractivity contribution in [3.05, 3.63) is 0 Å². The maximum Gasteiger partial charge on any atom is 0.234 e. The maximum absolute atomic E-state index is 10.9. The van der Waals surface area contributed by atoms with Crippen molar-refractivity contribution in [2.75, 3.05) is 25.5 Å². The summed E-state index contributed by atoms with van der Waals surface area (Å²) in [6.07, 6.45) is 3.92. The summed E-state index contributed by atoms with van der Waals surface area (Å²) >= 11 is 5.40. The van der Waals surface area contributed by atoms with Crippen LogP contribution in [0, 0.1) is 0 Å². The van der Waals surface area contributed by atoms with E-state index in [1.54, 1.807) is 0 Å². The van der Waals surface area contributed by atoms with E-state index in [1.807, 2.05) is 0 Å². The van der Waals surface area contributed by atoms with Crippen LogP contribution in [0.2, 0.25) is 0 Å². The van der Waals surface area contributed by atoms with E-state index in [9.17, 15) is 4.79 Å². The van der Waals surface area contributed by atoms with Gasteiger partial charge in [0.05, 0.1) is 0 Å². The van der Waals surface area contributed by atoms with Gasteiger partial charge in [0.1, 0.15) is 5.88 Å². The fraction of sp³-hybridized carbons (Fsp3) is 0.900. The quantitative estimate of drug-likeness (QED) is 0.720. The third-order valence-electron chi connectivity index (χ3n) is 2.73. The topological polar surface area (TPSA) is 32.3 Å². The molecule has 1 fully saturated rings. The second-order valence-electron chi connectivity index (χ2n) is 3.88. The fourth-order valence-electron chi connectivity index (χ4n) is 1.80. The summed E-state index contributed by atoms with van der Waals surface area (Å²) in [4.78, 5) is 13.4. The molecule has 1 unspecified atom stereocenters. The Hall–Kier alpha value is -0.280. The number of likely N-dealkylation sites (tertiary alicyclic amines) is 1. The Bertz CT molecular complexity index is 181. The van der Waals surface area contributed by atoms with E-state index in [0.29, 0.717) is 12.6 Å². The molecule has 1 rings (SSSR count). The lowest BCUT2D eigenvalue weighted by molar-refractivity contribution is -0.118. The lowest BCUT2D eigenvalue weighted by Gasteiger charge is -2.32. The molecular weight excluding hydrogens is 200 g/mol. The van der Waals surface area contributed by atoms with Crippen molar-refractivity contribution in [1.82, 2.24) is 10.2 Å². The Morgan fingerprint density at radius 2 is 2.07 bits per heavy atom. The average Bonchev–Trinajstić information content (AvgIpc) is 2.26. The van der Waals surface area contributed by atoms with Crippen LogP contribution < -0.4 is 5.32 Å². The van der Waals surface area contributed by atoms with E-state index in [0.717, 1.165) is 13.1 Å². The van der Waals surface area contributed by atoms with Gasteiger partial charge in [-0.15, -0.1) is 11.6 Å². The number of nitrogens with zero attached hydrogens (tertiary/aromatic N) is 1. The minimum Gasteiger partial charge on any atom is -0.354 e. The minimum absolute atomic E-state index is 0.0622. The summed E-state index contributed by atoms with van der Waals surface area (Å²) in [5, 5.41) is 2.82. The third-order valence-corrected chi connectivity index (χ3v) is 2.97. The summed E-state index contributed by atoms with van der Waals surface area (Å²) in [5.74, 6) is -0.0114. The number of rotatable bonds is 4. The summed E-state index contributed by atoms with van der Waals surface area (Å²) in [6, 6.07) is 0.433. The zero-order valence-corrected chi connectivity index (χ0v) is 9.52. The third kappa shape index (κ3) is 3.84. The average molecular weight is 219 g/mol. The maximum atomic E-state index is 10.9. The molecule has 82 valence electrons. The number of piperidine rings is 1. The van der Waals surface area contributed by atoms with Gasteiger partial charge in [-0.3, -0.25) is 9.69 Å². The Kier molecular flexibility index (Phi) is 5.26. The smallest absolute Gasteiger partial charge is 0.234 e. The molecule has 0 aromatic rings. The SMILES string of the molecule is CC(CNC(=O)CCl)N1CCCCC1. The van der Waals surface area contributed by atoms with Crippen molar-refractivity contribution >= 4 is 17.5 Å². The molecule has 14 heavy (non-hydrogen) atoms. The van der Waals surface area contributed by atoms with Crippen LogP contribution in [0.4, 0.5) is 0 Å². The summed E-state index contributed by atoms with van der Waals surface area (Å²) < 4.78 is 0. The summed E-state index contributed by atoms with van der Waals surface area (Å²) in [5.41, 5.74) is 0. The second kappa shape index (κ2) is 6.25. The first-order valence-corrected chi connectivity index (χ1v) is 5.84. The van der Waals surface area contributed by atoms with Gasteiger partial charge in [-0.25, -0.2) is 0 Å². The second-order valence-corrected chi connectivity index (χ2v) is 4.15. The van der Waals surface area contributed by atoms with E-state index >= 15 is 0 Å². The van der Waals surface area contributed by atoms with Crippen molar-refractivity contribution in [3.63, 3.8) is 0 Å². The molecule has 0 aromatic carbocycles. The highest BCUT2D eigenvalue weighted by Crippen LogP contribution is 2.11. The number of hydrogen-bond acceptors (Lipinski definition) is 2. The van der Waals surface area contributed by atoms with E-state index < -0.39 is 0 Å². The molecule has 1 aliphatic rings. The van der Waals surface area contributed by atoms with Crippen LogP contribution >= 0.6 is 11.6 Å². The van der Waals surface area contributed by atoms with Crippen LogP contribution in [0.5, 0.6) is 0 Å². The molecule has 1 heterocycles. The molecule has 0 saturated carbocycles. The van der Waals surface area contributed by atoms with Crippen molar-refractivity contribution in [3.8, 4) is 0 Å². The van der Waals surface area contributed by atoms with Crippen molar-refractivity contribution in [2.24, 2.45) is 0 Å². The number of carbonyl (C=O) groups excluding carboxylic acids is 1. The molecule has 0 bridgehead atoms. The Morgan fingerprint density at radius 1 is 1.43 bits per heavy atom. The molecule has 1 aliphatic heterocycles. The summed E-state index contributed by atoms with van der Waals surface area (Å²) in [7, 11) is 0. The van der Waals surface area contributed by atoms with Crippen molar-refractivity contribution < 1.29 is 4.79 Å². The molecule has 3 nitrogen and oxygen atoms in total. The molecule has 0 aromatic heterocycles. The van der Waals surface area contributed by atoms with Gasteiger partial charge in [-0.2, -0.15) is 0 Å². The lowest BCUT2D eigenvalue weighted by atomic mass is 10.1. The zero-order valence-electron chi connectivity index (χ0n) is 8.76. The molecule has 1 saturated heterocycles. The highest BCUT2D eigenvalue weighted by molar-refractivity contribution is 6.27. The Balaban J connectivity index is 2.19. The first-order chi connectivity index (χ1) is 6.74. The Labute approximate surface area is 90.8 Å².